The summed E-state index contributed by atoms with van der Waals surface area (Å²) >= 11 is 6.60. The Labute approximate surface area is 219 Å². The van der Waals surface area contributed by atoms with Crippen molar-refractivity contribution in [1.82, 2.24) is 20.2 Å². The van der Waals surface area contributed by atoms with Crippen LogP contribution in [-0.4, -0.2) is 51.6 Å². The van der Waals surface area contributed by atoms with Gasteiger partial charge in [-0.1, -0.05) is 36.9 Å². The summed E-state index contributed by atoms with van der Waals surface area (Å²) < 4.78 is 25.8. The Morgan fingerprint density at radius 3 is 2.97 bits per heavy atom. The van der Waals surface area contributed by atoms with E-state index in [2.05, 4.69) is 20.2 Å². The molecule has 0 bridgehead atoms. The number of aliphatic hydroxyl groups excluding tert-OH is 1. The van der Waals surface area contributed by atoms with E-state index in [0.29, 0.717) is 60.6 Å². The van der Waals surface area contributed by atoms with Gasteiger partial charge < -0.3 is 19.6 Å². The second-order valence-corrected chi connectivity index (χ2v) is 10.1. The highest BCUT2D eigenvalue weighted by atomic mass is 35.5. The topological polar surface area (TPSA) is 101 Å². The third kappa shape index (κ3) is 6.11. The molecule has 5 rings (SSSR count). The molecule has 3 aromatic rings. The molecule has 1 aliphatic heterocycles. The summed E-state index contributed by atoms with van der Waals surface area (Å²) in [6.07, 6.45) is 8.22. The van der Waals surface area contributed by atoms with Crippen molar-refractivity contribution in [3.8, 4) is 5.75 Å². The minimum absolute atomic E-state index is 0.0249. The van der Waals surface area contributed by atoms with Gasteiger partial charge in [-0.15, -0.1) is 0 Å². The summed E-state index contributed by atoms with van der Waals surface area (Å²) in [7, 11) is 0. The minimum Gasteiger partial charge on any atom is -0.484 e. The fraction of sp³-hybridized carbons (Fsp3) is 0.444. The number of carbonyl (C=O) groups is 1. The van der Waals surface area contributed by atoms with Gasteiger partial charge in [-0.3, -0.25) is 14.7 Å². The van der Waals surface area contributed by atoms with Crippen molar-refractivity contribution >= 4 is 17.5 Å². The number of nitrogens with zero attached hydrogens (tertiary/aromatic N) is 3. The molecular weight excluding hydrogens is 499 g/mol. The number of aliphatic hydroxyl groups is 1. The highest BCUT2D eigenvalue weighted by molar-refractivity contribution is 6.33. The Kier molecular flexibility index (Phi) is 8.02. The fourth-order valence-electron chi connectivity index (χ4n) is 4.82. The van der Waals surface area contributed by atoms with Crippen LogP contribution in [0.15, 0.2) is 41.4 Å². The number of pyridine rings is 1. The van der Waals surface area contributed by atoms with Gasteiger partial charge in [0.1, 0.15) is 12.4 Å². The van der Waals surface area contributed by atoms with Crippen molar-refractivity contribution in [1.29, 1.82) is 0 Å². The van der Waals surface area contributed by atoms with Crippen LogP contribution in [0, 0.1) is 11.7 Å². The molecule has 3 heterocycles. The number of hydrogen-bond acceptors (Lipinski definition) is 7. The van der Waals surface area contributed by atoms with Crippen LogP contribution >= 0.6 is 11.6 Å². The lowest BCUT2D eigenvalue weighted by Crippen LogP contribution is -2.42. The van der Waals surface area contributed by atoms with Crippen LogP contribution in [0.3, 0.4) is 0 Å². The van der Waals surface area contributed by atoms with Crippen LogP contribution in [0.5, 0.6) is 5.75 Å². The summed E-state index contributed by atoms with van der Waals surface area (Å²) in [6, 6.07) is 5.20. The van der Waals surface area contributed by atoms with Gasteiger partial charge in [0.05, 0.1) is 28.6 Å². The maximum absolute atomic E-state index is 14.8. The largest absolute Gasteiger partial charge is 0.484 e. The summed E-state index contributed by atoms with van der Waals surface area (Å²) in [5, 5.41) is 13.8. The number of amides is 1. The molecule has 1 fully saturated rings. The summed E-state index contributed by atoms with van der Waals surface area (Å²) in [5.41, 5.74) is 2.41. The van der Waals surface area contributed by atoms with Gasteiger partial charge in [0.25, 0.3) is 5.91 Å². The van der Waals surface area contributed by atoms with E-state index in [4.69, 9.17) is 20.8 Å². The number of benzene rings is 1. The highest BCUT2D eigenvalue weighted by Crippen LogP contribution is 2.34. The van der Waals surface area contributed by atoms with Gasteiger partial charge in [-0.2, -0.15) is 0 Å². The smallest absolute Gasteiger partial charge is 0.254 e. The third-order valence-corrected chi connectivity index (χ3v) is 7.52. The standard InChI is InChI=1S/C27H30ClFN4O4/c28-25-21-7-9-33(13-18(21)4-5-24(25)36-15-20-12-30-16-37-20)14-19(34)11-32-27(35)22-6-8-31-23(26(22)29)10-17-2-1-3-17/h4-6,8,12,16-17,19,34H,1-3,7,9-11,13-15H2,(H,32,35)/t19-/m0/s1. The van der Waals surface area contributed by atoms with E-state index in [0.717, 1.165) is 24.0 Å². The lowest BCUT2D eigenvalue weighted by molar-refractivity contribution is 0.0838. The Morgan fingerprint density at radius 1 is 1.35 bits per heavy atom. The molecule has 2 aromatic heterocycles. The van der Waals surface area contributed by atoms with Crippen LogP contribution in [-0.2, 0) is 26.0 Å². The number of aromatic nitrogens is 2. The zero-order valence-electron chi connectivity index (χ0n) is 20.5. The maximum Gasteiger partial charge on any atom is 0.254 e. The quantitative estimate of drug-likeness (QED) is 0.411. The molecule has 0 spiro atoms. The van der Waals surface area contributed by atoms with E-state index < -0.39 is 17.8 Å². The first kappa shape index (κ1) is 25.6. The predicted molar refractivity (Wildman–Crippen MR) is 135 cm³/mol. The van der Waals surface area contributed by atoms with Crippen molar-refractivity contribution in [2.45, 2.75) is 51.4 Å². The Balaban J connectivity index is 1.12. The zero-order chi connectivity index (χ0) is 25.8. The van der Waals surface area contributed by atoms with Gasteiger partial charge in [0.2, 0.25) is 0 Å². The molecule has 0 radical (unpaired) electrons. The first-order valence-electron chi connectivity index (χ1n) is 12.6. The average molecular weight is 529 g/mol. The second-order valence-electron chi connectivity index (χ2n) is 9.74. The predicted octanol–water partition coefficient (Wildman–Crippen LogP) is 3.93. The summed E-state index contributed by atoms with van der Waals surface area (Å²) in [4.78, 5) is 22.7. The minimum atomic E-state index is -0.801. The zero-order valence-corrected chi connectivity index (χ0v) is 21.2. The van der Waals surface area contributed by atoms with Crippen LogP contribution in [0.25, 0.3) is 0 Å². The van der Waals surface area contributed by atoms with E-state index in [1.165, 1.54) is 25.1 Å². The summed E-state index contributed by atoms with van der Waals surface area (Å²) in [5.74, 6) is 0.552. The SMILES string of the molecule is O=C(NC[C@H](O)CN1CCc2c(ccc(OCc3cnco3)c2Cl)C1)c1ccnc(CC2CCC2)c1F. The molecule has 1 saturated carbocycles. The van der Waals surface area contributed by atoms with Crippen LogP contribution in [0.4, 0.5) is 4.39 Å². The van der Waals surface area contributed by atoms with Crippen LogP contribution in [0.1, 0.15) is 52.2 Å². The molecule has 1 amide bonds. The molecule has 1 aromatic carbocycles. The Hall–Kier alpha value is -3.01. The van der Waals surface area contributed by atoms with Crippen molar-refractivity contribution in [3.05, 3.63) is 76.0 Å². The van der Waals surface area contributed by atoms with E-state index in [1.54, 1.807) is 6.20 Å². The normalized spacial score (nSPS) is 16.6. The number of rotatable bonds is 10. The Morgan fingerprint density at radius 2 is 2.22 bits per heavy atom. The van der Waals surface area contributed by atoms with Gasteiger partial charge >= 0.3 is 0 Å². The molecular formula is C27H30ClFN4O4. The number of carbonyl (C=O) groups excluding carboxylic acids is 1. The van der Waals surface area contributed by atoms with Gasteiger partial charge in [0, 0.05) is 32.4 Å². The molecule has 2 aliphatic rings. The molecule has 0 unspecified atom stereocenters. The molecule has 196 valence electrons. The van der Waals surface area contributed by atoms with Crippen molar-refractivity contribution < 1.29 is 23.4 Å². The lowest BCUT2D eigenvalue weighted by atomic mass is 9.82. The molecule has 2 N–H and O–H groups in total. The van der Waals surface area contributed by atoms with Crippen molar-refractivity contribution in [2.75, 3.05) is 19.6 Å². The number of nitrogens with one attached hydrogen (secondary N) is 1. The highest BCUT2D eigenvalue weighted by Gasteiger charge is 2.25. The Bertz CT molecular complexity index is 1240. The first-order valence-corrected chi connectivity index (χ1v) is 13.0. The number of β-amino-alcohol motifs (C(OH)–C–C–N with tert-alkyl or cyclic N) is 1. The number of hydrogen-bond donors (Lipinski definition) is 2. The number of fused-ring (bicyclic) bond motifs is 1. The van der Waals surface area contributed by atoms with Gasteiger partial charge in [-0.05, 0) is 42.0 Å². The molecule has 1 aliphatic carbocycles. The molecule has 1 atom stereocenters. The average Bonchev–Trinajstić information content (AvgIpc) is 3.39. The van der Waals surface area contributed by atoms with E-state index in [9.17, 15) is 14.3 Å². The van der Waals surface area contributed by atoms with Gasteiger partial charge in [-0.25, -0.2) is 9.37 Å². The molecule has 10 heteroatoms. The maximum atomic E-state index is 14.8. The van der Waals surface area contributed by atoms with Crippen molar-refractivity contribution in [2.24, 2.45) is 5.92 Å². The molecule has 37 heavy (non-hydrogen) atoms. The molecule has 8 nitrogen and oxygen atoms in total. The molecule has 0 saturated heterocycles. The third-order valence-electron chi connectivity index (χ3n) is 7.11. The number of oxazole rings is 1. The summed E-state index contributed by atoms with van der Waals surface area (Å²) in [6.45, 7) is 1.95. The van der Waals surface area contributed by atoms with E-state index in [1.807, 2.05) is 12.1 Å². The lowest BCUT2D eigenvalue weighted by Gasteiger charge is -2.31. The number of halogens is 2. The van der Waals surface area contributed by atoms with E-state index in [-0.39, 0.29) is 18.7 Å². The second kappa shape index (κ2) is 11.6. The van der Waals surface area contributed by atoms with Crippen LogP contribution in [0.2, 0.25) is 5.02 Å². The van der Waals surface area contributed by atoms with E-state index >= 15 is 0 Å². The van der Waals surface area contributed by atoms with Gasteiger partial charge in [0.15, 0.2) is 18.0 Å². The van der Waals surface area contributed by atoms with Crippen molar-refractivity contribution in [3.63, 3.8) is 0 Å². The fourth-order valence-corrected chi connectivity index (χ4v) is 5.15. The number of ether oxygens (including phenoxy) is 1. The van der Waals surface area contributed by atoms with Crippen LogP contribution < -0.4 is 10.1 Å². The first-order chi connectivity index (χ1) is 18.0. The monoisotopic (exact) mass is 528 g/mol.